The van der Waals surface area contributed by atoms with Gasteiger partial charge in [-0.2, -0.15) is 0 Å². The van der Waals surface area contributed by atoms with E-state index in [1.807, 2.05) is 18.3 Å². The van der Waals surface area contributed by atoms with E-state index < -0.39 is 0 Å². The third kappa shape index (κ3) is 5.72. The van der Waals surface area contributed by atoms with Crippen LogP contribution in [0.3, 0.4) is 0 Å². The minimum absolute atomic E-state index is 0.648. The number of anilines is 3. The molecule has 0 aliphatic rings. The van der Waals surface area contributed by atoms with E-state index in [1.165, 1.54) is 16.7 Å². The average molecular weight is 732 g/mol. The van der Waals surface area contributed by atoms with Gasteiger partial charge in [-0.25, -0.2) is 4.98 Å². The first kappa shape index (κ1) is 32.7. The number of aromatic nitrogens is 2. The van der Waals surface area contributed by atoms with E-state index >= 15 is 0 Å². The molecule has 0 aliphatic carbocycles. The molecule has 4 heterocycles. The fourth-order valence-corrected chi connectivity index (χ4v) is 8.08. The number of benzene rings is 7. The van der Waals surface area contributed by atoms with Crippen molar-refractivity contribution in [2.24, 2.45) is 0 Å². The van der Waals surface area contributed by atoms with Crippen LogP contribution >= 0.6 is 0 Å². The lowest BCUT2D eigenvalue weighted by molar-refractivity contribution is 0.655. The zero-order chi connectivity index (χ0) is 37.7. The number of nitrogens with zero attached hydrogens (tertiary/aromatic N) is 3. The summed E-state index contributed by atoms with van der Waals surface area (Å²) in [6.45, 7) is 0. The van der Waals surface area contributed by atoms with Crippen LogP contribution in [0, 0.1) is 0 Å². The third-order valence-electron chi connectivity index (χ3n) is 10.9. The number of para-hydroxylation sites is 2. The highest BCUT2D eigenvalue weighted by atomic mass is 16.3. The van der Waals surface area contributed by atoms with Gasteiger partial charge in [0.05, 0.1) is 6.20 Å². The van der Waals surface area contributed by atoms with Crippen molar-refractivity contribution in [1.82, 2.24) is 9.97 Å². The van der Waals surface area contributed by atoms with Crippen molar-refractivity contribution in [3.8, 4) is 44.5 Å². The minimum Gasteiger partial charge on any atom is -0.454 e. The maximum absolute atomic E-state index is 6.34. The van der Waals surface area contributed by atoms with E-state index in [1.54, 1.807) is 12.4 Å². The number of hydrogen-bond acceptors (Lipinski definition) is 5. The monoisotopic (exact) mass is 731 g/mol. The van der Waals surface area contributed by atoms with Gasteiger partial charge < -0.3 is 13.7 Å². The van der Waals surface area contributed by atoms with Crippen LogP contribution in [-0.4, -0.2) is 9.97 Å². The van der Waals surface area contributed by atoms with Crippen LogP contribution in [0.1, 0.15) is 0 Å². The smallest absolute Gasteiger partial charge is 0.227 e. The molecule has 0 atom stereocenters. The number of furan rings is 2. The first-order valence-corrected chi connectivity index (χ1v) is 19.0. The molecule has 7 aromatic carbocycles. The van der Waals surface area contributed by atoms with Crippen LogP contribution in [0.25, 0.3) is 88.5 Å². The molecule has 0 N–H and O–H groups in total. The summed E-state index contributed by atoms with van der Waals surface area (Å²) in [5.41, 5.74) is 15.2. The molecule has 11 aromatic rings. The molecule has 0 unspecified atom stereocenters. The minimum atomic E-state index is 0.648. The van der Waals surface area contributed by atoms with Gasteiger partial charge >= 0.3 is 0 Å². The van der Waals surface area contributed by atoms with Gasteiger partial charge in [0, 0.05) is 62.1 Å². The van der Waals surface area contributed by atoms with Gasteiger partial charge in [0.2, 0.25) is 5.71 Å². The number of hydrogen-bond donors (Lipinski definition) is 0. The summed E-state index contributed by atoms with van der Waals surface area (Å²) in [5, 5.41) is 4.23. The second-order valence-corrected chi connectivity index (χ2v) is 14.2. The quantitative estimate of drug-likeness (QED) is 0.163. The van der Waals surface area contributed by atoms with Crippen LogP contribution in [0.5, 0.6) is 0 Å². The highest BCUT2D eigenvalue weighted by molar-refractivity contribution is 6.10. The molecule has 0 bridgehead atoms. The second-order valence-electron chi connectivity index (χ2n) is 14.2. The van der Waals surface area contributed by atoms with Gasteiger partial charge in [-0.1, -0.05) is 121 Å². The Hall–Kier alpha value is -7.76. The van der Waals surface area contributed by atoms with Crippen molar-refractivity contribution in [2.75, 3.05) is 4.90 Å². The van der Waals surface area contributed by atoms with E-state index in [9.17, 15) is 0 Å². The normalized spacial score (nSPS) is 11.5. The molecule has 0 aliphatic heterocycles. The van der Waals surface area contributed by atoms with Gasteiger partial charge in [0.15, 0.2) is 5.58 Å². The summed E-state index contributed by atoms with van der Waals surface area (Å²) in [6, 6.07) is 64.2. The summed E-state index contributed by atoms with van der Waals surface area (Å²) in [4.78, 5) is 11.0. The highest BCUT2D eigenvalue weighted by Crippen LogP contribution is 2.41. The van der Waals surface area contributed by atoms with Gasteiger partial charge in [-0.15, -0.1) is 0 Å². The molecule has 0 fully saturated rings. The standard InChI is InChI=1S/C52H33N3O2/c1-2-8-34(9-3-1)38-10-4-11-39(32-38)35-17-23-40(24-18-35)55(41-25-19-36(20-26-41)43-12-5-14-46-45-29-31-53-33-49(45)56-50(43)46)42-27-21-37(22-28-42)44-13-6-15-47-48-16-7-30-54-52(48)57-51(44)47/h1-33H. The van der Waals surface area contributed by atoms with Crippen molar-refractivity contribution in [2.45, 2.75) is 0 Å². The second kappa shape index (κ2) is 13.5. The van der Waals surface area contributed by atoms with Crippen LogP contribution in [0.15, 0.2) is 209 Å². The summed E-state index contributed by atoms with van der Waals surface area (Å²) in [7, 11) is 0. The van der Waals surface area contributed by atoms with Crippen LogP contribution in [0.4, 0.5) is 17.1 Å². The molecule has 5 nitrogen and oxygen atoms in total. The molecule has 268 valence electrons. The predicted molar refractivity (Wildman–Crippen MR) is 233 cm³/mol. The van der Waals surface area contributed by atoms with Gasteiger partial charge in [-0.05, 0) is 94.0 Å². The molecular weight excluding hydrogens is 699 g/mol. The lowest BCUT2D eigenvalue weighted by atomic mass is 9.98. The fraction of sp³-hybridized carbons (Fsp3) is 0. The molecule has 4 aromatic heterocycles. The summed E-state index contributed by atoms with van der Waals surface area (Å²) >= 11 is 0. The van der Waals surface area contributed by atoms with E-state index in [4.69, 9.17) is 8.83 Å². The molecule has 0 amide bonds. The Morgan fingerprint density at radius 3 is 1.54 bits per heavy atom. The van der Waals surface area contributed by atoms with E-state index in [0.29, 0.717) is 5.71 Å². The van der Waals surface area contributed by atoms with E-state index in [-0.39, 0.29) is 0 Å². The number of pyridine rings is 2. The summed E-state index contributed by atoms with van der Waals surface area (Å²) < 4.78 is 12.6. The van der Waals surface area contributed by atoms with Crippen molar-refractivity contribution in [1.29, 1.82) is 0 Å². The molecule has 5 heteroatoms. The van der Waals surface area contributed by atoms with Crippen LogP contribution in [-0.2, 0) is 0 Å². The Balaban J connectivity index is 0.986. The summed E-state index contributed by atoms with van der Waals surface area (Å²) in [5.74, 6) is 0. The zero-order valence-corrected chi connectivity index (χ0v) is 30.7. The first-order chi connectivity index (χ1) is 28.2. The predicted octanol–water partition coefficient (Wildman–Crippen LogP) is 14.4. The summed E-state index contributed by atoms with van der Waals surface area (Å²) in [6.07, 6.45) is 5.36. The topological polar surface area (TPSA) is 55.3 Å². The zero-order valence-electron chi connectivity index (χ0n) is 30.7. The lowest BCUT2D eigenvalue weighted by Gasteiger charge is -2.26. The lowest BCUT2D eigenvalue weighted by Crippen LogP contribution is -2.09. The Morgan fingerprint density at radius 1 is 0.368 bits per heavy atom. The van der Waals surface area contributed by atoms with Crippen LogP contribution < -0.4 is 4.90 Å². The SMILES string of the molecule is c1ccc(-c2cccc(-c3ccc(N(c4ccc(-c5cccc6c5oc5cnccc56)cc4)c4ccc(-c5cccc6c5oc5ncccc56)cc4)cc3)c2)cc1. The fourth-order valence-electron chi connectivity index (χ4n) is 8.08. The Kier molecular flexibility index (Phi) is 7.74. The molecule has 0 radical (unpaired) electrons. The molecule has 0 spiro atoms. The van der Waals surface area contributed by atoms with Gasteiger partial charge in [-0.3, -0.25) is 4.98 Å². The van der Waals surface area contributed by atoms with Crippen molar-refractivity contribution < 1.29 is 8.83 Å². The number of fused-ring (bicyclic) bond motifs is 6. The van der Waals surface area contributed by atoms with Gasteiger partial charge in [0.1, 0.15) is 11.2 Å². The highest BCUT2D eigenvalue weighted by Gasteiger charge is 2.18. The van der Waals surface area contributed by atoms with Crippen molar-refractivity contribution in [3.05, 3.63) is 201 Å². The van der Waals surface area contributed by atoms with E-state index in [0.717, 1.165) is 83.2 Å². The Labute approximate surface area is 328 Å². The largest absolute Gasteiger partial charge is 0.454 e. The maximum atomic E-state index is 6.34. The molecule has 0 saturated heterocycles. The molecule has 0 saturated carbocycles. The van der Waals surface area contributed by atoms with Crippen molar-refractivity contribution >= 4 is 61.1 Å². The average Bonchev–Trinajstić information content (AvgIpc) is 3.87. The Morgan fingerprint density at radius 2 is 0.895 bits per heavy atom. The molecular formula is C52H33N3O2. The van der Waals surface area contributed by atoms with Crippen LogP contribution in [0.2, 0.25) is 0 Å². The molecule has 11 rings (SSSR count). The maximum Gasteiger partial charge on any atom is 0.227 e. The third-order valence-corrected chi connectivity index (χ3v) is 10.9. The first-order valence-electron chi connectivity index (χ1n) is 19.0. The van der Waals surface area contributed by atoms with E-state index in [2.05, 4.69) is 185 Å². The van der Waals surface area contributed by atoms with Gasteiger partial charge in [0.25, 0.3) is 0 Å². The Bertz CT molecular complexity index is 3060. The number of rotatable bonds is 7. The van der Waals surface area contributed by atoms with Crippen molar-refractivity contribution in [3.63, 3.8) is 0 Å². The molecule has 57 heavy (non-hydrogen) atoms.